The van der Waals surface area contributed by atoms with Gasteiger partial charge in [0.25, 0.3) is 0 Å². The zero-order valence-electron chi connectivity index (χ0n) is 8.90. The monoisotopic (exact) mass is 235 g/mol. The minimum absolute atomic E-state index is 0.396. The molecule has 0 spiro atoms. The van der Waals surface area contributed by atoms with Crippen molar-refractivity contribution in [2.75, 3.05) is 0 Å². The molecule has 0 bridgehead atoms. The molecule has 0 saturated carbocycles. The zero-order chi connectivity index (χ0) is 11.7. The number of benzene rings is 1. The van der Waals surface area contributed by atoms with Gasteiger partial charge in [-0.15, -0.1) is 0 Å². The summed E-state index contributed by atoms with van der Waals surface area (Å²) in [4.78, 5) is 8.67. The van der Waals surface area contributed by atoms with Crippen LogP contribution >= 0.6 is 11.6 Å². The maximum absolute atomic E-state index is 8.89. The highest BCUT2D eigenvalue weighted by Crippen LogP contribution is 2.14. The molecule has 1 aromatic carbocycles. The quantitative estimate of drug-likeness (QED) is 0.563. The largest absolute Gasteiger partial charge is 0.410 e. The lowest BCUT2D eigenvalue weighted by molar-refractivity contribution is 0.300. The second-order valence-electron chi connectivity index (χ2n) is 3.48. The Morgan fingerprint density at radius 1 is 1.12 bits per heavy atom. The summed E-state index contributed by atoms with van der Waals surface area (Å²) in [6.45, 7) is 3.54. The molecule has 5 heteroatoms. The Kier molecular flexibility index (Phi) is 2.75. The molecule has 0 aliphatic rings. The molecule has 4 nitrogen and oxygen atoms in total. The van der Waals surface area contributed by atoms with Crippen LogP contribution in [0, 0.1) is 13.8 Å². The Bertz CT molecular complexity index is 625. The summed E-state index contributed by atoms with van der Waals surface area (Å²) in [5.41, 5.74) is 2.65. The summed E-state index contributed by atoms with van der Waals surface area (Å²) < 4.78 is 0. The molecule has 0 aliphatic heterocycles. The van der Waals surface area contributed by atoms with E-state index in [9.17, 15) is 0 Å². The summed E-state index contributed by atoms with van der Waals surface area (Å²) in [6.07, 6.45) is 0. The van der Waals surface area contributed by atoms with Crippen LogP contribution < -0.4 is 5.36 Å². The molecule has 2 aromatic rings. The van der Waals surface area contributed by atoms with E-state index in [4.69, 9.17) is 16.8 Å². The Morgan fingerprint density at radius 2 is 1.75 bits per heavy atom. The number of hydrogen-bond acceptors (Lipinski definition) is 4. The van der Waals surface area contributed by atoms with E-state index in [0.29, 0.717) is 27.3 Å². The van der Waals surface area contributed by atoms with Gasteiger partial charge in [-0.2, -0.15) is 0 Å². The molecule has 0 fully saturated rings. The van der Waals surface area contributed by atoms with Gasteiger partial charge in [0.15, 0.2) is 0 Å². The van der Waals surface area contributed by atoms with Crippen molar-refractivity contribution in [2.24, 2.45) is 5.16 Å². The van der Waals surface area contributed by atoms with Crippen molar-refractivity contribution < 1.29 is 5.21 Å². The number of fused-ring (bicyclic) bond motifs is 1. The standard InChI is InChI=1S/C11H10ClN3O/c1-6-11(15-16)7(2)14-10-5-8(12)3-4-9(10)13-6/h3-5,16H,1-2H3/b15-11-. The lowest BCUT2D eigenvalue weighted by Gasteiger charge is -1.91. The van der Waals surface area contributed by atoms with E-state index >= 15 is 0 Å². The summed E-state index contributed by atoms with van der Waals surface area (Å²) in [5.74, 6) is 0. The van der Waals surface area contributed by atoms with Gasteiger partial charge in [-0.25, -0.2) is 9.97 Å². The molecule has 16 heavy (non-hydrogen) atoms. The van der Waals surface area contributed by atoms with Gasteiger partial charge in [0.05, 0.1) is 22.4 Å². The molecule has 1 heterocycles. The van der Waals surface area contributed by atoms with Crippen LogP contribution in [0.1, 0.15) is 11.4 Å². The van der Waals surface area contributed by atoms with Gasteiger partial charge in [0.1, 0.15) is 5.36 Å². The Morgan fingerprint density at radius 3 is 2.38 bits per heavy atom. The first-order valence-electron chi connectivity index (χ1n) is 4.75. The highest BCUT2D eigenvalue weighted by molar-refractivity contribution is 6.31. The summed E-state index contributed by atoms with van der Waals surface area (Å²) in [6, 6.07) is 5.28. The van der Waals surface area contributed by atoms with E-state index in [2.05, 4.69) is 15.1 Å². The SMILES string of the molecule is Cc1nc2ccc(Cl)cc2nc(C)/c1=N\O. The van der Waals surface area contributed by atoms with Crippen LogP contribution in [0.3, 0.4) is 0 Å². The van der Waals surface area contributed by atoms with Crippen molar-refractivity contribution in [1.82, 2.24) is 9.97 Å². The molecule has 2 rings (SSSR count). The predicted molar refractivity (Wildman–Crippen MR) is 61.4 cm³/mol. The second kappa shape index (κ2) is 4.06. The maximum Gasteiger partial charge on any atom is 0.144 e. The van der Waals surface area contributed by atoms with E-state index in [0.717, 1.165) is 5.52 Å². The Labute approximate surface area is 97.2 Å². The van der Waals surface area contributed by atoms with E-state index in [1.165, 1.54) is 0 Å². The highest BCUT2D eigenvalue weighted by atomic mass is 35.5. The van der Waals surface area contributed by atoms with Gasteiger partial charge in [0, 0.05) is 5.02 Å². The van der Waals surface area contributed by atoms with Crippen molar-refractivity contribution in [3.63, 3.8) is 0 Å². The molecule has 1 N–H and O–H groups in total. The van der Waals surface area contributed by atoms with Crippen molar-refractivity contribution >= 4 is 22.6 Å². The van der Waals surface area contributed by atoms with E-state index in [-0.39, 0.29) is 0 Å². The fraction of sp³-hybridized carbons (Fsp3) is 0.182. The topological polar surface area (TPSA) is 58.4 Å². The van der Waals surface area contributed by atoms with Gasteiger partial charge in [-0.3, -0.25) is 0 Å². The van der Waals surface area contributed by atoms with Gasteiger partial charge in [0.2, 0.25) is 0 Å². The Hall–Kier alpha value is -1.68. The van der Waals surface area contributed by atoms with Gasteiger partial charge in [-0.1, -0.05) is 16.8 Å². The van der Waals surface area contributed by atoms with E-state index in [1.54, 1.807) is 32.0 Å². The van der Waals surface area contributed by atoms with Crippen molar-refractivity contribution in [1.29, 1.82) is 0 Å². The number of rotatable bonds is 0. The highest BCUT2D eigenvalue weighted by Gasteiger charge is 2.02. The molecule has 0 unspecified atom stereocenters. The van der Waals surface area contributed by atoms with Crippen LogP contribution in [-0.2, 0) is 0 Å². The number of aromatic nitrogens is 2. The predicted octanol–water partition coefficient (Wildman–Crippen LogP) is 2.19. The van der Waals surface area contributed by atoms with Crippen molar-refractivity contribution in [3.05, 3.63) is 40.0 Å². The fourth-order valence-electron chi connectivity index (χ4n) is 1.55. The zero-order valence-corrected chi connectivity index (χ0v) is 9.65. The van der Waals surface area contributed by atoms with Gasteiger partial charge < -0.3 is 5.21 Å². The molecular formula is C11H10ClN3O. The van der Waals surface area contributed by atoms with Crippen molar-refractivity contribution in [2.45, 2.75) is 13.8 Å². The van der Waals surface area contributed by atoms with Crippen LogP contribution in [-0.4, -0.2) is 15.2 Å². The van der Waals surface area contributed by atoms with Gasteiger partial charge >= 0.3 is 0 Å². The van der Waals surface area contributed by atoms with E-state index in [1.807, 2.05) is 0 Å². The third-order valence-electron chi connectivity index (χ3n) is 2.30. The van der Waals surface area contributed by atoms with Crippen LogP contribution in [0.2, 0.25) is 5.02 Å². The van der Waals surface area contributed by atoms with Crippen LogP contribution in [0.15, 0.2) is 23.4 Å². The smallest absolute Gasteiger partial charge is 0.144 e. The molecular weight excluding hydrogens is 226 g/mol. The number of aryl methyl sites for hydroxylation is 2. The van der Waals surface area contributed by atoms with Crippen LogP contribution in [0.4, 0.5) is 0 Å². The minimum Gasteiger partial charge on any atom is -0.410 e. The lowest BCUT2D eigenvalue weighted by Crippen LogP contribution is -2.10. The molecule has 0 aliphatic carbocycles. The molecule has 0 atom stereocenters. The summed E-state index contributed by atoms with van der Waals surface area (Å²) >= 11 is 5.89. The fourth-order valence-corrected chi connectivity index (χ4v) is 1.72. The van der Waals surface area contributed by atoms with Gasteiger partial charge in [-0.05, 0) is 32.0 Å². The van der Waals surface area contributed by atoms with E-state index < -0.39 is 0 Å². The first kappa shape index (κ1) is 10.8. The Balaban J connectivity index is 2.99. The molecule has 1 aromatic heterocycles. The maximum atomic E-state index is 8.89. The van der Waals surface area contributed by atoms with Crippen molar-refractivity contribution in [3.8, 4) is 0 Å². The normalized spacial score (nSPS) is 12.1. The first-order valence-corrected chi connectivity index (χ1v) is 5.12. The molecule has 82 valence electrons. The second-order valence-corrected chi connectivity index (χ2v) is 3.91. The molecule has 0 amide bonds. The lowest BCUT2D eigenvalue weighted by atomic mass is 10.3. The molecule has 0 radical (unpaired) electrons. The number of halogens is 1. The minimum atomic E-state index is 0.396. The first-order chi connectivity index (χ1) is 7.61. The average molecular weight is 236 g/mol. The number of nitrogens with zero attached hydrogens (tertiary/aromatic N) is 3. The summed E-state index contributed by atoms with van der Waals surface area (Å²) in [5, 5.41) is 13.1. The third-order valence-corrected chi connectivity index (χ3v) is 2.53. The number of hydrogen-bond donors (Lipinski definition) is 1. The van der Waals surface area contributed by atoms with Crippen LogP contribution in [0.25, 0.3) is 11.0 Å². The summed E-state index contributed by atoms with van der Waals surface area (Å²) in [7, 11) is 0. The average Bonchev–Trinajstić information content (AvgIpc) is 2.33. The van der Waals surface area contributed by atoms with Crippen LogP contribution in [0.5, 0.6) is 0 Å². The molecule has 0 saturated heterocycles. The third kappa shape index (κ3) is 1.84.